The second-order valence-corrected chi connectivity index (χ2v) is 7.52. The molecule has 1 amide bonds. The van der Waals surface area contributed by atoms with Gasteiger partial charge in [-0.2, -0.15) is 4.98 Å². The highest BCUT2D eigenvalue weighted by molar-refractivity contribution is 5.94. The first-order valence-electron chi connectivity index (χ1n) is 10.3. The molecule has 2 aromatic heterocycles. The van der Waals surface area contributed by atoms with Crippen molar-refractivity contribution in [2.45, 2.75) is 19.3 Å². The van der Waals surface area contributed by atoms with E-state index in [2.05, 4.69) is 22.0 Å². The Labute approximate surface area is 175 Å². The van der Waals surface area contributed by atoms with Crippen molar-refractivity contribution >= 4 is 34.9 Å². The zero-order chi connectivity index (χ0) is 20.3. The molecular weight excluding hydrogens is 374 g/mol. The van der Waals surface area contributed by atoms with Crippen molar-refractivity contribution in [3.05, 3.63) is 66.7 Å². The molecule has 0 unspecified atom stereocenters. The van der Waals surface area contributed by atoms with E-state index in [9.17, 15) is 4.79 Å². The van der Waals surface area contributed by atoms with Crippen LogP contribution in [0.4, 0.5) is 17.5 Å². The Bertz CT molecular complexity index is 1150. The minimum absolute atomic E-state index is 0.392. The maximum atomic E-state index is 12.0. The van der Waals surface area contributed by atoms with Crippen LogP contribution in [0.2, 0.25) is 0 Å². The van der Waals surface area contributed by atoms with Crippen LogP contribution in [-0.4, -0.2) is 34.5 Å². The van der Waals surface area contributed by atoms with Crippen LogP contribution < -0.4 is 9.80 Å². The van der Waals surface area contributed by atoms with E-state index in [1.807, 2.05) is 54.6 Å². The highest BCUT2D eigenvalue weighted by atomic mass is 16.1. The van der Waals surface area contributed by atoms with Gasteiger partial charge < -0.3 is 9.88 Å². The van der Waals surface area contributed by atoms with Crippen molar-refractivity contribution in [3.8, 4) is 11.3 Å². The molecule has 30 heavy (non-hydrogen) atoms. The van der Waals surface area contributed by atoms with Crippen LogP contribution in [0.25, 0.3) is 22.3 Å². The fraction of sp³-hybridized carbons (Fsp3) is 0.208. The monoisotopic (exact) mass is 397 g/mol. The number of rotatable bonds is 5. The summed E-state index contributed by atoms with van der Waals surface area (Å²) in [6.07, 6.45) is 4.30. The van der Waals surface area contributed by atoms with Crippen LogP contribution in [0.15, 0.2) is 66.7 Å². The number of benzene rings is 2. The lowest BCUT2D eigenvalue weighted by molar-refractivity contribution is -0.106. The van der Waals surface area contributed by atoms with E-state index in [1.165, 1.54) is 11.3 Å². The highest BCUT2D eigenvalue weighted by Crippen LogP contribution is 2.33. The molecule has 2 aromatic carbocycles. The number of aromatic amines is 1. The van der Waals surface area contributed by atoms with Gasteiger partial charge >= 0.3 is 0 Å². The molecule has 3 heterocycles. The van der Waals surface area contributed by atoms with Crippen molar-refractivity contribution in [1.82, 2.24) is 15.0 Å². The standard InChI is InChI=1S/C24H23N5O/c30-17-29(19-12-6-2-7-13-19)24-26-21-16-20(18-10-4-1-5-11-18)25-22(21)23(27-24)28-14-8-3-9-15-28/h1-2,4-7,10-13,16-17,25H,3,8-9,14-15H2. The normalized spacial score (nSPS) is 14.1. The molecule has 0 spiro atoms. The Morgan fingerprint density at radius 3 is 2.30 bits per heavy atom. The van der Waals surface area contributed by atoms with Gasteiger partial charge in [0.2, 0.25) is 12.4 Å². The summed E-state index contributed by atoms with van der Waals surface area (Å²) in [5, 5.41) is 0. The van der Waals surface area contributed by atoms with E-state index in [-0.39, 0.29) is 0 Å². The first kappa shape index (κ1) is 18.4. The summed E-state index contributed by atoms with van der Waals surface area (Å²) >= 11 is 0. The number of anilines is 3. The molecule has 1 aliphatic heterocycles. The van der Waals surface area contributed by atoms with E-state index in [0.29, 0.717) is 5.95 Å². The number of carbonyl (C=O) groups is 1. The van der Waals surface area contributed by atoms with Crippen LogP contribution >= 0.6 is 0 Å². The van der Waals surface area contributed by atoms with Crippen LogP contribution in [0, 0.1) is 0 Å². The molecular formula is C24H23N5O. The molecule has 0 atom stereocenters. The van der Waals surface area contributed by atoms with Gasteiger partial charge in [-0.1, -0.05) is 48.5 Å². The van der Waals surface area contributed by atoms with Gasteiger partial charge in [0, 0.05) is 18.8 Å². The second kappa shape index (κ2) is 7.99. The predicted molar refractivity (Wildman–Crippen MR) is 120 cm³/mol. The molecule has 0 saturated carbocycles. The van der Waals surface area contributed by atoms with Gasteiger partial charge in [0.1, 0.15) is 5.52 Å². The molecule has 1 fully saturated rings. The molecule has 1 N–H and O–H groups in total. The average molecular weight is 397 g/mol. The quantitative estimate of drug-likeness (QED) is 0.486. The molecule has 0 bridgehead atoms. The van der Waals surface area contributed by atoms with Gasteiger partial charge in [-0.3, -0.25) is 9.69 Å². The van der Waals surface area contributed by atoms with E-state index in [0.717, 1.165) is 66.1 Å². The maximum Gasteiger partial charge on any atom is 0.239 e. The minimum atomic E-state index is 0.392. The molecule has 4 aromatic rings. The first-order valence-corrected chi connectivity index (χ1v) is 10.3. The van der Waals surface area contributed by atoms with Crippen molar-refractivity contribution in [1.29, 1.82) is 0 Å². The number of amides is 1. The van der Waals surface area contributed by atoms with Crippen molar-refractivity contribution < 1.29 is 4.79 Å². The third-order valence-electron chi connectivity index (χ3n) is 5.54. The Morgan fingerprint density at radius 2 is 1.60 bits per heavy atom. The van der Waals surface area contributed by atoms with Crippen LogP contribution in [0.3, 0.4) is 0 Å². The van der Waals surface area contributed by atoms with Crippen LogP contribution in [0.5, 0.6) is 0 Å². The lowest BCUT2D eigenvalue weighted by Gasteiger charge is -2.28. The van der Waals surface area contributed by atoms with E-state index < -0.39 is 0 Å². The van der Waals surface area contributed by atoms with Gasteiger partial charge in [-0.15, -0.1) is 0 Å². The molecule has 0 aliphatic carbocycles. The molecule has 6 nitrogen and oxygen atoms in total. The topological polar surface area (TPSA) is 65.1 Å². The van der Waals surface area contributed by atoms with Gasteiger partial charge in [-0.05, 0) is 43.0 Å². The third kappa shape index (κ3) is 3.41. The average Bonchev–Trinajstić information content (AvgIpc) is 3.25. The summed E-state index contributed by atoms with van der Waals surface area (Å²) in [7, 11) is 0. The Balaban J connectivity index is 1.67. The van der Waals surface area contributed by atoms with Gasteiger partial charge in [0.05, 0.1) is 11.2 Å². The predicted octanol–water partition coefficient (Wildman–Crippen LogP) is 4.91. The fourth-order valence-electron chi connectivity index (χ4n) is 4.01. The smallest absolute Gasteiger partial charge is 0.239 e. The number of hydrogen-bond acceptors (Lipinski definition) is 4. The Kier molecular flexibility index (Phi) is 4.89. The number of fused-ring (bicyclic) bond motifs is 1. The number of nitrogens with one attached hydrogen (secondary N) is 1. The minimum Gasteiger partial charge on any atom is -0.355 e. The lowest BCUT2D eigenvalue weighted by atomic mass is 10.1. The number of carbonyl (C=O) groups excluding carboxylic acids is 1. The van der Waals surface area contributed by atoms with E-state index in [4.69, 9.17) is 9.97 Å². The molecule has 1 aliphatic rings. The number of hydrogen-bond donors (Lipinski definition) is 1. The van der Waals surface area contributed by atoms with Gasteiger partial charge in [0.15, 0.2) is 5.82 Å². The number of nitrogens with zero attached hydrogens (tertiary/aromatic N) is 4. The largest absolute Gasteiger partial charge is 0.355 e. The summed E-state index contributed by atoms with van der Waals surface area (Å²) in [6.45, 7) is 1.91. The maximum absolute atomic E-state index is 12.0. The zero-order valence-corrected chi connectivity index (χ0v) is 16.7. The fourth-order valence-corrected chi connectivity index (χ4v) is 4.01. The second-order valence-electron chi connectivity index (χ2n) is 7.52. The van der Waals surface area contributed by atoms with Crippen molar-refractivity contribution in [2.75, 3.05) is 22.9 Å². The van der Waals surface area contributed by atoms with Gasteiger partial charge in [-0.25, -0.2) is 4.98 Å². The summed E-state index contributed by atoms with van der Waals surface area (Å²) in [6, 6.07) is 21.7. The van der Waals surface area contributed by atoms with E-state index in [1.54, 1.807) is 0 Å². The zero-order valence-electron chi connectivity index (χ0n) is 16.7. The van der Waals surface area contributed by atoms with Gasteiger partial charge in [0.25, 0.3) is 0 Å². The van der Waals surface area contributed by atoms with Crippen molar-refractivity contribution in [2.24, 2.45) is 0 Å². The number of H-pyrrole nitrogens is 1. The van der Waals surface area contributed by atoms with E-state index >= 15 is 0 Å². The SMILES string of the molecule is O=CN(c1ccccc1)c1nc(N2CCCCC2)c2[nH]c(-c3ccccc3)cc2n1. The number of piperidine rings is 1. The molecule has 0 radical (unpaired) electrons. The number of para-hydroxylation sites is 1. The Hall–Kier alpha value is -3.67. The highest BCUT2D eigenvalue weighted by Gasteiger charge is 2.22. The summed E-state index contributed by atoms with van der Waals surface area (Å²) in [5.74, 6) is 1.25. The first-order chi connectivity index (χ1) is 14.8. The molecule has 6 heteroatoms. The number of aromatic nitrogens is 3. The lowest BCUT2D eigenvalue weighted by Crippen LogP contribution is -2.31. The molecule has 150 valence electrons. The van der Waals surface area contributed by atoms with Crippen molar-refractivity contribution in [3.63, 3.8) is 0 Å². The summed E-state index contributed by atoms with van der Waals surface area (Å²) in [4.78, 5) is 28.9. The van der Waals surface area contributed by atoms with Crippen LogP contribution in [-0.2, 0) is 4.79 Å². The third-order valence-corrected chi connectivity index (χ3v) is 5.54. The molecule has 1 saturated heterocycles. The molecule has 5 rings (SSSR count). The Morgan fingerprint density at radius 1 is 0.900 bits per heavy atom. The van der Waals surface area contributed by atoms with Crippen LogP contribution in [0.1, 0.15) is 19.3 Å². The summed E-state index contributed by atoms with van der Waals surface area (Å²) < 4.78 is 0. The summed E-state index contributed by atoms with van der Waals surface area (Å²) in [5.41, 5.74) is 4.56.